The van der Waals surface area contributed by atoms with Crippen LogP contribution < -0.4 is 0 Å². The zero-order valence-corrected chi connectivity index (χ0v) is 13.9. The van der Waals surface area contributed by atoms with Gasteiger partial charge < -0.3 is 0 Å². The summed E-state index contributed by atoms with van der Waals surface area (Å²) >= 11 is -1.24. The predicted molar refractivity (Wildman–Crippen MR) is 49.5 cm³/mol. The molecule has 1 aromatic rings. The van der Waals surface area contributed by atoms with Crippen molar-refractivity contribution in [1.29, 1.82) is 0 Å². The Bertz CT molecular complexity index is 303. The maximum absolute atomic E-state index is 6.15. The van der Waals surface area contributed by atoms with Crippen molar-refractivity contribution < 1.29 is 28.1 Å². The van der Waals surface area contributed by atoms with E-state index in [1.165, 1.54) is 11.1 Å². The summed E-state index contributed by atoms with van der Waals surface area (Å²) in [6, 6.07) is 8.60. The molecule has 0 aliphatic heterocycles. The first-order valence-electron chi connectivity index (χ1n) is 4.53. The van der Waals surface area contributed by atoms with E-state index in [1.807, 2.05) is 0 Å². The third-order valence-electron chi connectivity index (χ3n) is 2.79. The number of hydrogen-bond acceptors (Lipinski definition) is 1. The second-order valence-electron chi connectivity index (χ2n) is 3.44. The Kier molecular flexibility index (Phi) is 3.28. The molecule has 1 aliphatic rings. The Morgan fingerprint density at radius 3 is 2.92 bits per heavy atom. The summed E-state index contributed by atoms with van der Waals surface area (Å²) in [5, 5.41) is 0. The van der Waals surface area contributed by atoms with Gasteiger partial charge in [-0.15, -0.1) is 0 Å². The minimum atomic E-state index is -1.24. The molecule has 0 bridgehead atoms. The molecular formula is C10H11ClHgO. The second kappa shape index (κ2) is 4.29. The molecule has 0 heterocycles. The normalized spacial score (nSPS) is 25.4. The average molecular weight is 383 g/mol. The summed E-state index contributed by atoms with van der Waals surface area (Å²) in [4.78, 5) is 0. The van der Waals surface area contributed by atoms with Crippen molar-refractivity contribution in [2.45, 2.75) is 16.0 Å². The Morgan fingerprint density at radius 2 is 2.23 bits per heavy atom. The van der Waals surface area contributed by atoms with E-state index in [0.29, 0.717) is 9.53 Å². The molecule has 0 spiro atoms. The molecule has 1 nitrogen and oxygen atoms in total. The molecule has 66 valence electrons. The van der Waals surface area contributed by atoms with Crippen LogP contribution in [0, 0.1) is 0 Å². The third-order valence-corrected chi connectivity index (χ3v) is 10.8. The molecular weight excluding hydrogens is 372 g/mol. The van der Waals surface area contributed by atoms with E-state index in [0.717, 1.165) is 6.42 Å². The van der Waals surface area contributed by atoms with Crippen LogP contribution >= 0.6 is 8.25 Å². The topological polar surface area (TPSA) is 9.23 Å². The van der Waals surface area contributed by atoms with E-state index >= 15 is 0 Å². The van der Waals surface area contributed by atoms with Crippen molar-refractivity contribution in [1.82, 2.24) is 0 Å². The zero-order chi connectivity index (χ0) is 9.26. The molecule has 0 saturated carbocycles. The van der Waals surface area contributed by atoms with E-state index in [-0.39, 0.29) is 0 Å². The standard InChI is InChI=1S/C10H11O.ClH.Hg/c1-11-10-6-8-4-2-3-5-9(8)7-10;;/h2-6,10H,7H2,1H3;1H;/q;;+1/p-1/t10-;;/m0../s1. The number of halogens is 1. The van der Waals surface area contributed by atoms with Crippen LogP contribution in [-0.2, 0) is 34.5 Å². The average Bonchev–Trinajstić information content (AvgIpc) is 2.55. The molecule has 2 atom stereocenters. The summed E-state index contributed by atoms with van der Waals surface area (Å²) in [6.45, 7) is 0. The van der Waals surface area contributed by atoms with E-state index in [4.69, 9.17) is 13.0 Å². The fourth-order valence-corrected chi connectivity index (χ4v) is 9.64. The number of ether oxygens (including phenoxy) is 1. The number of methoxy groups -OCH3 is 1. The van der Waals surface area contributed by atoms with Gasteiger partial charge in [0.1, 0.15) is 0 Å². The fourth-order valence-electron chi connectivity index (χ4n) is 2.07. The van der Waals surface area contributed by atoms with Crippen LogP contribution in [0.3, 0.4) is 0 Å². The number of rotatable bonds is 2. The van der Waals surface area contributed by atoms with E-state index in [9.17, 15) is 0 Å². The van der Waals surface area contributed by atoms with Gasteiger partial charge in [-0.1, -0.05) is 0 Å². The minimum absolute atomic E-state index is 0.372. The number of hydrogen-bond donors (Lipinski definition) is 0. The van der Waals surface area contributed by atoms with Gasteiger partial charge >= 0.3 is 94.8 Å². The molecule has 0 N–H and O–H groups in total. The molecule has 3 heteroatoms. The van der Waals surface area contributed by atoms with Crippen LogP contribution in [0.4, 0.5) is 0 Å². The quantitative estimate of drug-likeness (QED) is 0.714. The van der Waals surface area contributed by atoms with Gasteiger partial charge in [-0.25, -0.2) is 0 Å². The monoisotopic (exact) mass is 384 g/mol. The Balaban J connectivity index is 2.34. The zero-order valence-electron chi connectivity index (χ0n) is 7.66. The van der Waals surface area contributed by atoms with Crippen molar-refractivity contribution in [2.24, 2.45) is 0 Å². The van der Waals surface area contributed by atoms with E-state index in [1.54, 1.807) is 7.11 Å². The van der Waals surface area contributed by atoms with Crippen LogP contribution in [0.2, 0.25) is 0 Å². The molecule has 0 unspecified atom stereocenters. The van der Waals surface area contributed by atoms with Crippen molar-refractivity contribution >= 4 is 8.25 Å². The van der Waals surface area contributed by atoms with Gasteiger partial charge in [0.25, 0.3) is 0 Å². The van der Waals surface area contributed by atoms with Gasteiger partial charge in [0.2, 0.25) is 0 Å². The van der Waals surface area contributed by atoms with Crippen LogP contribution in [0.25, 0.3) is 0 Å². The van der Waals surface area contributed by atoms with Gasteiger partial charge in [0.05, 0.1) is 0 Å². The Hall–Kier alpha value is 0.405. The molecule has 2 rings (SSSR count). The SMILES string of the molecule is CO[C@@H]1Cc2ccccc2[C@H]1[Hg][Cl]. The molecule has 0 aromatic heterocycles. The summed E-state index contributed by atoms with van der Waals surface area (Å²) in [5.41, 5.74) is 2.91. The van der Waals surface area contributed by atoms with Gasteiger partial charge in [-0.05, 0) is 0 Å². The summed E-state index contributed by atoms with van der Waals surface area (Å²) in [7, 11) is 7.95. The molecule has 1 aromatic carbocycles. The van der Waals surface area contributed by atoms with Crippen LogP contribution in [-0.4, -0.2) is 13.2 Å². The van der Waals surface area contributed by atoms with Gasteiger partial charge in [-0.2, -0.15) is 0 Å². The van der Waals surface area contributed by atoms with E-state index < -0.39 is 23.3 Å². The maximum atomic E-state index is 6.15. The fraction of sp³-hybridized carbons (Fsp3) is 0.400. The summed E-state index contributed by atoms with van der Waals surface area (Å²) in [6.07, 6.45) is 1.43. The van der Waals surface area contributed by atoms with Crippen molar-refractivity contribution in [2.75, 3.05) is 7.11 Å². The molecule has 13 heavy (non-hydrogen) atoms. The molecule has 0 fully saturated rings. The van der Waals surface area contributed by atoms with Crippen LogP contribution in [0.15, 0.2) is 24.3 Å². The van der Waals surface area contributed by atoms with Crippen molar-refractivity contribution in [3.8, 4) is 0 Å². The molecule has 0 radical (unpaired) electrons. The van der Waals surface area contributed by atoms with Crippen LogP contribution in [0.5, 0.6) is 0 Å². The first-order chi connectivity index (χ1) is 6.36. The number of benzene rings is 1. The van der Waals surface area contributed by atoms with Crippen molar-refractivity contribution in [3.63, 3.8) is 0 Å². The molecule has 0 saturated heterocycles. The van der Waals surface area contributed by atoms with Crippen molar-refractivity contribution in [3.05, 3.63) is 35.4 Å². The predicted octanol–water partition coefficient (Wildman–Crippen LogP) is 2.54. The molecule has 0 amide bonds. The summed E-state index contributed by atoms with van der Waals surface area (Å²) in [5.74, 6) is 0. The second-order valence-corrected chi connectivity index (χ2v) is 10.8. The van der Waals surface area contributed by atoms with Crippen LogP contribution in [0.1, 0.15) is 14.6 Å². The first-order valence-corrected chi connectivity index (χ1v) is 14.5. The summed E-state index contributed by atoms with van der Waals surface area (Å²) < 4.78 is 6.07. The van der Waals surface area contributed by atoms with Gasteiger partial charge in [-0.3, -0.25) is 0 Å². The Labute approximate surface area is 94.3 Å². The van der Waals surface area contributed by atoms with E-state index in [2.05, 4.69) is 24.3 Å². The number of fused-ring (bicyclic) bond motifs is 1. The third kappa shape index (κ3) is 1.79. The first kappa shape index (κ1) is 9.94. The van der Waals surface area contributed by atoms with Gasteiger partial charge in [0.15, 0.2) is 0 Å². The molecule has 1 aliphatic carbocycles. The Morgan fingerprint density at radius 1 is 1.46 bits per heavy atom. The van der Waals surface area contributed by atoms with Gasteiger partial charge in [0, 0.05) is 0 Å².